The smallest absolute Gasteiger partial charge is 0.263 e. The summed E-state index contributed by atoms with van der Waals surface area (Å²) in [6, 6.07) is 12.4. The molecule has 2 aromatic rings. The number of piperidine rings is 1. The van der Waals surface area contributed by atoms with E-state index in [1.807, 2.05) is 27.3 Å². The maximum Gasteiger partial charge on any atom is 0.263 e. The van der Waals surface area contributed by atoms with Gasteiger partial charge in [0.1, 0.15) is 0 Å². The maximum atomic E-state index is 13.4. The van der Waals surface area contributed by atoms with Gasteiger partial charge in [-0.15, -0.1) is 11.3 Å². The van der Waals surface area contributed by atoms with E-state index in [0.29, 0.717) is 25.6 Å². The summed E-state index contributed by atoms with van der Waals surface area (Å²) in [5.41, 5.74) is 2.12. The highest BCUT2D eigenvalue weighted by atomic mass is 32.1. The van der Waals surface area contributed by atoms with Crippen LogP contribution in [0.15, 0.2) is 41.8 Å². The molecule has 2 fully saturated rings. The number of amides is 2. The third-order valence-corrected chi connectivity index (χ3v) is 7.07. The molecule has 0 saturated carbocycles. The van der Waals surface area contributed by atoms with Gasteiger partial charge in [-0.05, 0) is 47.8 Å². The number of carbonyl (C=O) groups excluding carboxylic acids is 2. The second kappa shape index (κ2) is 7.70. The van der Waals surface area contributed by atoms with Gasteiger partial charge in [0.05, 0.1) is 10.3 Å². The molecule has 0 bridgehead atoms. The van der Waals surface area contributed by atoms with Gasteiger partial charge in [0.15, 0.2) is 0 Å². The highest BCUT2D eigenvalue weighted by Gasteiger charge is 2.49. The van der Waals surface area contributed by atoms with Gasteiger partial charge < -0.3 is 9.80 Å². The molecule has 2 amide bonds. The van der Waals surface area contributed by atoms with Crippen molar-refractivity contribution in [2.75, 3.05) is 19.6 Å². The molecule has 2 aliphatic rings. The van der Waals surface area contributed by atoms with Crippen molar-refractivity contribution in [1.29, 1.82) is 0 Å². The van der Waals surface area contributed by atoms with E-state index < -0.39 is 0 Å². The molecule has 1 aromatic carbocycles. The largest absolute Gasteiger partial charge is 0.338 e. The number of carbonyl (C=O) groups is 2. The first kappa shape index (κ1) is 19.2. The number of thiophene rings is 1. The summed E-state index contributed by atoms with van der Waals surface area (Å²) < 4.78 is 0. The highest BCUT2D eigenvalue weighted by molar-refractivity contribution is 7.12. The topological polar surface area (TPSA) is 40.6 Å². The van der Waals surface area contributed by atoms with Crippen molar-refractivity contribution >= 4 is 23.2 Å². The summed E-state index contributed by atoms with van der Waals surface area (Å²) in [6.07, 6.45) is 2.69. The average Bonchev–Trinajstić information content (AvgIpc) is 3.37. The van der Waals surface area contributed by atoms with Gasteiger partial charge in [-0.3, -0.25) is 9.59 Å². The molecule has 1 aromatic heterocycles. The zero-order valence-electron chi connectivity index (χ0n) is 16.7. The molecule has 4 rings (SSSR count). The Kier molecular flexibility index (Phi) is 5.28. The molecule has 1 spiro atoms. The lowest BCUT2D eigenvalue weighted by Gasteiger charge is -2.39. The van der Waals surface area contributed by atoms with Crippen LogP contribution in [0, 0.1) is 5.41 Å². The van der Waals surface area contributed by atoms with Crippen molar-refractivity contribution in [1.82, 2.24) is 9.80 Å². The molecule has 2 aliphatic heterocycles. The van der Waals surface area contributed by atoms with E-state index in [2.05, 4.69) is 38.1 Å². The number of nitrogens with zero attached hydrogens (tertiary/aromatic N) is 2. The summed E-state index contributed by atoms with van der Waals surface area (Å²) in [4.78, 5) is 30.7. The fourth-order valence-electron chi connectivity index (χ4n) is 4.51. The van der Waals surface area contributed by atoms with E-state index in [-0.39, 0.29) is 17.2 Å². The van der Waals surface area contributed by atoms with E-state index in [1.165, 1.54) is 22.5 Å². The molecule has 1 atom stereocenters. The van der Waals surface area contributed by atoms with Crippen LogP contribution < -0.4 is 0 Å². The second-order valence-corrected chi connectivity index (χ2v) is 9.41. The predicted molar refractivity (Wildman–Crippen MR) is 112 cm³/mol. The van der Waals surface area contributed by atoms with Crippen molar-refractivity contribution in [2.45, 2.75) is 45.6 Å². The Hall–Kier alpha value is -2.14. The zero-order chi connectivity index (χ0) is 19.7. The van der Waals surface area contributed by atoms with Crippen LogP contribution in [0.25, 0.3) is 0 Å². The Morgan fingerprint density at radius 3 is 2.61 bits per heavy atom. The van der Waals surface area contributed by atoms with Crippen LogP contribution in [0.5, 0.6) is 0 Å². The van der Waals surface area contributed by atoms with Gasteiger partial charge in [0.25, 0.3) is 5.91 Å². The fraction of sp³-hybridized carbons (Fsp3) is 0.478. The van der Waals surface area contributed by atoms with E-state index >= 15 is 0 Å². The number of benzene rings is 1. The van der Waals surface area contributed by atoms with Crippen molar-refractivity contribution in [2.24, 2.45) is 5.41 Å². The van der Waals surface area contributed by atoms with E-state index in [4.69, 9.17) is 0 Å². The molecular formula is C23H28N2O2S. The van der Waals surface area contributed by atoms with Crippen LogP contribution in [0.2, 0.25) is 0 Å². The number of rotatable bonds is 4. The average molecular weight is 397 g/mol. The van der Waals surface area contributed by atoms with Gasteiger partial charge in [0.2, 0.25) is 5.91 Å². The summed E-state index contributed by atoms with van der Waals surface area (Å²) in [5.74, 6) is 0.813. The molecule has 0 unspecified atom stereocenters. The molecular weight excluding hydrogens is 368 g/mol. The van der Waals surface area contributed by atoms with Crippen molar-refractivity contribution in [3.63, 3.8) is 0 Å². The van der Waals surface area contributed by atoms with Crippen LogP contribution >= 0.6 is 11.3 Å². The van der Waals surface area contributed by atoms with Gasteiger partial charge >= 0.3 is 0 Å². The first-order valence-electron chi connectivity index (χ1n) is 10.2. The number of hydrogen-bond donors (Lipinski definition) is 0. The third kappa shape index (κ3) is 3.60. The van der Waals surface area contributed by atoms with E-state index in [9.17, 15) is 9.59 Å². The molecule has 28 heavy (non-hydrogen) atoms. The molecule has 4 nitrogen and oxygen atoms in total. The summed E-state index contributed by atoms with van der Waals surface area (Å²) in [6.45, 7) is 7.10. The van der Waals surface area contributed by atoms with Crippen molar-refractivity contribution in [3.05, 3.63) is 57.8 Å². The normalized spacial score (nSPS) is 22.5. The number of hydrogen-bond acceptors (Lipinski definition) is 3. The molecule has 148 valence electrons. The Morgan fingerprint density at radius 1 is 1.14 bits per heavy atom. The molecule has 0 N–H and O–H groups in total. The zero-order valence-corrected chi connectivity index (χ0v) is 17.5. The quantitative estimate of drug-likeness (QED) is 0.762. The van der Waals surface area contributed by atoms with Crippen LogP contribution in [-0.4, -0.2) is 41.2 Å². The first-order chi connectivity index (χ1) is 13.5. The van der Waals surface area contributed by atoms with Crippen molar-refractivity contribution in [3.8, 4) is 0 Å². The summed E-state index contributed by atoms with van der Waals surface area (Å²) >= 11 is 1.47. The number of likely N-dealkylation sites (tertiary alicyclic amines) is 2. The Labute approximate surface area is 171 Å². The lowest BCUT2D eigenvalue weighted by atomic mass is 9.78. The molecule has 5 heteroatoms. The third-order valence-electron chi connectivity index (χ3n) is 6.22. The summed E-state index contributed by atoms with van der Waals surface area (Å²) in [5, 5.41) is 1.93. The minimum Gasteiger partial charge on any atom is -0.338 e. The van der Waals surface area contributed by atoms with Gasteiger partial charge in [0, 0.05) is 26.2 Å². The minimum absolute atomic E-state index is 0.0704. The van der Waals surface area contributed by atoms with Gasteiger partial charge in [-0.25, -0.2) is 0 Å². The van der Waals surface area contributed by atoms with Crippen LogP contribution in [-0.2, 0) is 11.3 Å². The lowest BCUT2D eigenvalue weighted by molar-refractivity contribution is -0.146. The Morgan fingerprint density at radius 2 is 1.93 bits per heavy atom. The first-order valence-corrected chi connectivity index (χ1v) is 11.1. The monoisotopic (exact) mass is 396 g/mol. The van der Waals surface area contributed by atoms with Crippen molar-refractivity contribution < 1.29 is 9.59 Å². The molecule has 0 aliphatic carbocycles. The Balaban J connectivity index is 1.45. The van der Waals surface area contributed by atoms with E-state index in [1.54, 1.807) is 0 Å². The highest BCUT2D eigenvalue weighted by Crippen LogP contribution is 2.41. The summed E-state index contributed by atoms with van der Waals surface area (Å²) in [7, 11) is 0. The molecule has 3 heterocycles. The fourth-order valence-corrected chi connectivity index (χ4v) is 5.20. The molecule has 2 saturated heterocycles. The predicted octanol–water partition coefficient (Wildman–Crippen LogP) is 4.53. The van der Waals surface area contributed by atoms with Crippen LogP contribution in [0.1, 0.15) is 59.8 Å². The molecule has 0 radical (unpaired) electrons. The maximum absolute atomic E-state index is 13.4. The SMILES string of the molecule is CC(C)c1ccc(CN2CCC[C@]3(CCN(C(=O)c4cccs4)C3)C2=O)cc1. The van der Waals surface area contributed by atoms with Crippen LogP contribution in [0.4, 0.5) is 0 Å². The van der Waals surface area contributed by atoms with Gasteiger partial charge in [-0.1, -0.05) is 44.2 Å². The van der Waals surface area contributed by atoms with Gasteiger partial charge in [-0.2, -0.15) is 0 Å². The Bertz CT molecular complexity index is 844. The lowest BCUT2D eigenvalue weighted by Crippen LogP contribution is -2.50. The van der Waals surface area contributed by atoms with E-state index in [0.717, 1.165) is 30.7 Å². The standard InChI is InChI=1S/C23H28N2O2S/c1-17(2)19-8-6-18(7-9-19)15-24-12-4-10-23(22(24)27)11-13-25(16-23)21(26)20-5-3-14-28-20/h3,5-9,14,17H,4,10-13,15-16H2,1-2H3/t23-/m1/s1. The minimum atomic E-state index is -0.386. The van der Waals surface area contributed by atoms with Crippen LogP contribution in [0.3, 0.4) is 0 Å². The second-order valence-electron chi connectivity index (χ2n) is 8.46.